The Labute approximate surface area is 150 Å². The van der Waals surface area contributed by atoms with E-state index in [-0.39, 0.29) is 16.4 Å². The van der Waals surface area contributed by atoms with E-state index < -0.39 is 68.9 Å². The van der Waals surface area contributed by atoms with Crippen LogP contribution in [0.1, 0.15) is 21.6 Å². The highest BCUT2D eigenvalue weighted by atomic mass is 19.2. The quantitative estimate of drug-likeness (QED) is 0.314. The maximum Gasteiger partial charge on any atom is 0.282 e. The van der Waals surface area contributed by atoms with Gasteiger partial charge in [-0.3, -0.25) is 14.7 Å². The molecule has 0 saturated carbocycles. The second-order valence-electron chi connectivity index (χ2n) is 5.65. The van der Waals surface area contributed by atoms with E-state index in [1.165, 1.54) is 0 Å². The fourth-order valence-corrected chi connectivity index (χ4v) is 2.56. The smallest absolute Gasteiger partial charge is 0.282 e. The van der Waals surface area contributed by atoms with Crippen molar-refractivity contribution >= 4 is 5.78 Å². The highest BCUT2D eigenvalue weighted by Gasteiger charge is 2.28. The largest absolute Gasteiger partial charge is 0.294 e. The van der Waals surface area contributed by atoms with Gasteiger partial charge in [-0.05, 0) is 19.1 Å². The number of aryl methyl sites for hydroxylation is 1. The minimum atomic E-state index is -1.92. The van der Waals surface area contributed by atoms with E-state index in [1.807, 2.05) is 0 Å². The second kappa shape index (κ2) is 6.66. The lowest BCUT2D eigenvalue weighted by atomic mass is 10.0. The van der Waals surface area contributed by atoms with Gasteiger partial charge in [0, 0.05) is 17.3 Å². The first-order valence-corrected chi connectivity index (χ1v) is 7.38. The molecule has 2 aromatic carbocycles. The van der Waals surface area contributed by atoms with Gasteiger partial charge in [0.25, 0.3) is 5.56 Å². The lowest BCUT2D eigenvalue weighted by molar-refractivity contribution is 0.103. The molecule has 0 spiro atoms. The predicted molar refractivity (Wildman–Crippen MR) is 80.7 cm³/mol. The summed E-state index contributed by atoms with van der Waals surface area (Å²) in [4.78, 5) is 24.9. The van der Waals surface area contributed by atoms with Gasteiger partial charge in [-0.1, -0.05) is 0 Å². The number of nitrogens with one attached hydrogen (secondary N) is 1. The van der Waals surface area contributed by atoms with Crippen LogP contribution in [0.5, 0.6) is 0 Å². The number of nitrogens with zero attached hydrogens (tertiary/aromatic N) is 1. The summed E-state index contributed by atoms with van der Waals surface area (Å²) in [5.74, 6) is -14.0. The van der Waals surface area contributed by atoms with Crippen molar-refractivity contribution in [2.45, 2.75) is 6.92 Å². The molecular weight excluding hydrogens is 397 g/mol. The monoisotopic (exact) mass is 404 g/mol. The SMILES string of the molecule is Cc1[nH]n(-c2c(F)c(F)cc(F)c2F)c(=O)c1C(=O)c1cc(F)c(F)c(F)c1. The number of hydrogen-bond acceptors (Lipinski definition) is 2. The highest BCUT2D eigenvalue weighted by Crippen LogP contribution is 2.23. The van der Waals surface area contributed by atoms with E-state index in [0.29, 0.717) is 12.1 Å². The Morgan fingerprint density at radius 3 is 1.79 bits per heavy atom. The van der Waals surface area contributed by atoms with Gasteiger partial charge in [-0.15, -0.1) is 0 Å². The molecule has 0 aliphatic rings. The zero-order chi connectivity index (χ0) is 20.9. The molecule has 4 nitrogen and oxygen atoms in total. The molecule has 0 fully saturated rings. The lowest BCUT2D eigenvalue weighted by Gasteiger charge is -2.06. The number of benzene rings is 2. The number of aromatic nitrogens is 2. The molecule has 1 heterocycles. The van der Waals surface area contributed by atoms with Crippen molar-refractivity contribution in [3.8, 4) is 5.69 Å². The summed E-state index contributed by atoms with van der Waals surface area (Å²) in [7, 11) is 0. The van der Waals surface area contributed by atoms with E-state index in [9.17, 15) is 40.3 Å². The van der Waals surface area contributed by atoms with Gasteiger partial charge in [-0.2, -0.15) is 0 Å². The number of ketones is 1. The van der Waals surface area contributed by atoms with Crippen molar-refractivity contribution in [2.24, 2.45) is 0 Å². The standard InChI is InChI=1S/C17H7F7N2O2/c1-5-11(16(27)6-2-7(18)12(22)8(19)3-6)17(28)26(25-5)15-13(23)9(20)4-10(21)14(15)24/h2-4,25H,1H3. The van der Waals surface area contributed by atoms with Crippen LogP contribution in [0.4, 0.5) is 30.7 Å². The van der Waals surface area contributed by atoms with Crippen LogP contribution in [-0.4, -0.2) is 15.6 Å². The molecule has 0 atom stereocenters. The van der Waals surface area contributed by atoms with Crippen LogP contribution >= 0.6 is 0 Å². The molecule has 0 radical (unpaired) electrons. The highest BCUT2D eigenvalue weighted by molar-refractivity contribution is 6.09. The molecule has 0 aliphatic heterocycles. The van der Waals surface area contributed by atoms with E-state index in [2.05, 4.69) is 5.10 Å². The first-order chi connectivity index (χ1) is 13.0. The summed E-state index contributed by atoms with van der Waals surface area (Å²) in [5, 5.41) is 2.07. The summed E-state index contributed by atoms with van der Waals surface area (Å²) in [5.41, 5.74) is -4.83. The van der Waals surface area contributed by atoms with Crippen LogP contribution < -0.4 is 5.56 Å². The van der Waals surface area contributed by atoms with Gasteiger partial charge >= 0.3 is 0 Å². The summed E-state index contributed by atoms with van der Waals surface area (Å²) in [6.45, 7) is 1.09. The average molecular weight is 404 g/mol. The Kier molecular flexibility index (Phi) is 4.61. The van der Waals surface area contributed by atoms with Gasteiger partial charge in [0.15, 0.2) is 40.7 Å². The topological polar surface area (TPSA) is 54.9 Å². The fourth-order valence-electron chi connectivity index (χ4n) is 2.56. The van der Waals surface area contributed by atoms with E-state index in [1.54, 1.807) is 0 Å². The second-order valence-corrected chi connectivity index (χ2v) is 5.65. The summed E-state index contributed by atoms with van der Waals surface area (Å²) >= 11 is 0. The third-order valence-electron chi connectivity index (χ3n) is 3.86. The first kappa shape index (κ1) is 19.4. The van der Waals surface area contributed by atoms with Gasteiger partial charge in [0.2, 0.25) is 5.78 Å². The van der Waals surface area contributed by atoms with Crippen LogP contribution in [0.3, 0.4) is 0 Å². The van der Waals surface area contributed by atoms with Crippen LogP contribution in [0.2, 0.25) is 0 Å². The van der Waals surface area contributed by atoms with Crippen LogP contribution in [0.25, 0.3) is 5.69 Å². The molecule has 11 heteroatoms. The third kappa shape index (κ3) is 2.88. The fraction of sp³-hybridized carbons (Fsp3) is 0.0588. The van der Waals surface area contributed by atoms with Gasteiger partial charge in [-0.25, -0.2) is 35.4 Å². The van der Waals surface area contributed by atoms with Crippen molar-refractivity contribution in [2.75, 3.05) is 0 Å². The van der Waals surface area contributed by atoms with Crippen molar-refractivity contribution < 1.29 is 35.5 Å². The molecule has 0 bridgehead atoms. The van der Waals surface area contributed by atoms with Crippen molar-refractivity contribution in [1.29, 1.82) is 0 Å². The van der Waals surface area contributed by atoms with Gasteiger partial charge < -0.3 is 0 Å². The van der Waals surface area contributed by atoms with E-state index in [0.717, 1.165) is 6.92 Å². The Balaban J connectivity index is 2.23. The molecule has 3 aromatic rings. The summed E-state index contributed by atoms with van der Waals surface area (Å²) in [6.07, 6.45) is 0. The minimum absolute atomic E-state index is 0.0373. The maximum atomic E-state index is 13.9. The Bertz CT molecular complexity index is 1150. The van der Waals surface area contributed by atoms with E-state index in [4.69, 9.17) is 0 Å². The predicted octanol–water partition coefficient (Wildman–Crippen LogP) is 3.68. The van der Waals surface area contributed by atoms with E-state index >= 15 is 0 Å². The Morgan fingerprint density at radius 1 is 0.821 bits per heavy atom. The molecular formula is C17H7F7N2O2. The van der Waals surface area contributed by atoms with Crippen LogP contribution in [0, 0.1) is 47.6 Å². The van der Waals surface area contributed by atoms with Crippen LogP contribution in [0.15, 0.2) is 23.0 Å². The zero-order valence-corrected chi connectivity index (χ0v) is 13.6. The van der Waals surface area contributed by atoms with Crippen molar-refractivity contribution in [1.82, 2.24) is 9.78 Å². The number of hydrogen-bond donors (Lipinski definition) is 1. The molecule has 0 amide bonds. The lowest BCUT2D eigenvalue weighted by Crippen LogP contribution is -2.23. The number of carbonyl (C=O) groups is 1. The molecule has 1 aromatic heterocycles. The first-order valence-electron chi connectivity index (χ1n) is 7.38. The molecule has 0 aliphatic carbocycles. The molecule has 3 rings (SSSR count). The average Bonchev–Trinajstić information content (AvgIpc) is 2.91. The number of aromatic amines is 1. The van der Waals surface area contributed by atoms with Crippen LogP contribution in [-0.2, 0) is 0 Å². The maximum absolute atomic E-state index is 13.9. The van der Waals surface area contributed by atoms with Gasteiger partial charge in [0.1, 0.15) is 11.3 Å². The number of H-pyrrole nitrogens is 1. The zero-order valence-electron chi connectivity index (χ0n) is 13.6. The molecule has 28 heavy (non-hydrogen) atoms. The number of halogens is 7. The summed E-state index contributed by atoms with van der Waals surface area (Å²) in [6, 6.07) is 0.561. The molecule has 0 unspecified atom stereocenters. The normalized spacial score (nSPS) is 11.1. The van der Waals surface area contributed by atoms with Gasteiger partial charge in [0.05, 0.1) is 0 Å². The van der Waals surface area contributed by atoms with Crippen molar-refractivity contribution in [3.05, 3.63) is 86.1 Å². The molecule has 0 saturated heterocycles. The number of rotatable bonds is 3. The number of carbonyl (C=O) groups excluding carboxylic acids is 1. The minimum Gasteiger partial charge on any atom is -0.294 e. The Morgan fingerprint density at radius 2 is 1.29 bits per heavy atom. The molecule has 1 N–H and O–H groups in total. The summed E-state index contributed by atoms with van der Waals surface area (Å²) < 4.78 is 94.4. The Hall–Kier alpha value is -3.37. The third-order valence-corrected chi connectivity index (χ3v) is 3.86. The molecule has 146 valence electrons. The van der Waals surface area contributed by atoms with Crippen molar-refractivity contribution in [3.63, 3.8) is 0 Å².